The highest BCUT2D eigenvalue weighted by Crippen LogP contribution is 2.27. The second-order valence-corrected chi connectivity index (χ2v) is 9.30. The van der Waals surface area contributed by atoms with E-state index in [9.17, 15) is 13.2 Å². The van der Waals surface area contributed by atoms with Gasteiger partial charge in [-0.1, -0.05) is 11.6 Å². The highest BCUT2D eigenvalue weighted by molar-refractivity contribution is 7.91. The van der Waals surface area contributed by atoms with Crippen LogP contribution in [0.25, 0.3) is 0 Å². The first-order valence-corrected chi connectivity index (χ1v) is 10.0. The Balaban J connectivity index is 2.10. The molecule has 23 heavy (non-hydrogen) atoms. The highest BCUT2D eigenvalue weighted by atomic mass is 32.2. The number of fused-ring (bicyclic) bond motifs is 1. The first-order valence-electron chi connectivity index (χ1n) is 8.21. The summed E-state index contributed by atoms with van der Waals surface area (Å²) in [5, 5.41) is 0. The van der Waals surface area contributed by atoms with Crippen LogP contribution in [0.2, 0.25) is 0 Å². The number of likely N-dealkylation sites (N-methyl/N-ethyl adjacent to an activating group) is 1. The van der Waals surface area contributed by atoms with Gasteiger partial charge in [0.05, 0.1) is 24.1 Å². The van der Waals surface area contributed by atoms with Gasteiger partial charge in [-0.15, -0.1) is 0 Å². The van der Waals surface area contributed by atoms with Gasteiger partial charge in [0.25, 0.3) is 0 Å². The smallest absolute Gasteiger partial charge is 0.237 e. The number of hydrogen-bond donors (Lipinski definition) is 0. The molecule has 2 atom stereocenters. The lowest BCUT2D eigenvalue weighted by atomic mass is 10.0. The number of hydrogen-bond acceptors (Lipinski definition) is 5. The number of piperazine rings is 1. The summed E-state index contributed by atoms with van der Waals surface area (Å²) in [5.74, 6) is 0.319. The molecule has 0 aromatic rings. The lowest BCUT2D eigenvalue weighted by Gasteiger charge is -2.44. The Bertz CT molecular complexity index is 567. The zero-order valence-electron chi connectivity index (χ0n) is 14.7. The topological polar surface area (TPSA) is 60.9 Å². The maximum absolute atomic E-state index is 12.4. The van der Waals surface area contributed by atoms with Gasteiger partial charge in [0.2, 0.25) is 5.91 Å². The lowest BCUT2D eigenvalue weighted by molar-refractivity contribution is -0.137. The van der Waals surface area contributed by atoms with Crippen LogP contribution in [0.1, 0.15) is 20.3 Å². The predicted molar refractivity (Wildman–Crippen MR) is 92.1 cm³/mol. The minimum atomic E-state index is -3.06. The normalized spacial score (nSPS) is 27.1. The van der Waals surface area contributed by atoms with Gasteiger partial charge in [-0.2, -0.15) is 0 Å². The Morgan fingerprint density at radius 1 is 1.17 bits per heavy atom. The van der Waals surface area contributed by atoms with E-state index in [1.807, 2.05) is 19.0 Å². The molecule has 0 aliphatic carbocycles. The van der Waals surface area contributed by atoms with Crippen LogP contribution in [-0.2, 0) is 14.6 Å². The molecule has 0 aromatic heterocycles. The monoisotopic (exact) mass is 343 g/mol. The van der Waals surface area contributed by atoms with Crippen molar-refractivity contribution in [2.24, 2.45) is 0 Å². The fraction of sp³-hybridized carbons (Fsp3) is 0.812. The minimum Gasteiger partial charge on any atom is -0.335 e. The quantitative estimate of drug-likeness (QED) is 0.668. The Labute approximate surface area is 140 Å². The molecule has 2 aliphatic heterocycles. The molecule has 2 fully saturated rings. The third-order valence-corrected chi connectivity index (χ3v) is 6.23. The summed E-state index contributed by atoms with van der Waals surface area (Å²) in [4.78, 5) is 18.3. The molecule has 0 unspecified atom stereocenters. The molecule has 2 heterocycles. The van der Waals surface area contributed by atoms with Gasteiger partial charge in [-0.25, -0.2) is 8.42 Å². The summed E-state index contributed by atoms with van der Waals surface area (Å²) < 4.78 is 24.3. The van der Waals surface area contributed by atoms with Gasteiger partial charge < -0.3 is 9.80 Å². The van der Waals surface area contributed by atoms with Crippen molar-refractivity contribution in [2.75, 3.05) is 51.8 Å². The predicted octanol–water partition coefficient (Wildman–Crippen LogP) is 0.214. The average molecular weight is 343 g/mol. The maximum atomic E-state index is 12.4. The van der Waals surface area contributed by atoms with Crippen LogP contribution in [0.15, 0.2) is 11.6 Å². The SMILES string of the molecule is CC(C)=CCCN1CCN(C(=O)CN(C)C)[C@@H]2CS(=O)(=O)C[C@@H]21. The third kappa shape index (κ3) is 4.78. The van der Waals surface area contributed by atoms with Crippen molar-refractivity contribution in [3.05, 3.63) is 11.6 Å². The van der Waals surface area contributed by atoms with Crippen molar-refractivity contribution in [3.63, 3.8) is 0 Å². The zero-order valence-corrected chi connectivity index (χ0v) is 15.5. The molecule has 0 N–H and O–H groups in total. The van der Waals surface area contributed by atoms with Crippen LogP contribution in [0.4, 0.5) is 0 Å². The zero-order chi connectivity index (χ0) is 17.2. The molecule has 1 amide bonds. The van der Waals surface area contributed by atoms with E-state index in [1.165, 1.54) is 5.57 Å². The van der Waals surface area contributed by atoms with Crippen LogP contribution in [-0.4, -0.2) is 92.9 Å². The number of carbonyl (C=O) groups excluding carboxylic acids is 1. The Hall–Kier alpha value is -0.920. The fourth-order valence-corrected chi connectivity index (χ4v) is 5.50. The summed E-state index contributed by atoms with van der Waals surface area (Å²) in [6, 6.07) is -0.238. The first kappa shape index (κ1) is 18.4. The molecule has 7 heteroatoms. The van der Waals surface area contributed by atoms with Crippen LogP contribution >= 0.6 is 0 Å². The number of sulfone groups is 1. The van der Waals surface area contributed by atoms with Crippen LogP contribution in [0, 0.1) is 0 Å². The molecule has 6 nitrogen and oxygen atoms in total. The van der Waals surface area contributed by atoms with Crippen LogP contribution < -0.4 is 0 Å². The molecule has 2 rings (SSSR count). The van der Waals surface area contributed by atoms with Crippen LogP contribution in [0.5, 0.6) is 0 Å². The lowest BCUT2D eigenvalue weighted by Crippen LogP contribution is -2.61. The standard InChI is InChI=1S/C16H29N3O3S/c1-13(2)6-5-7-18-8-9-19(16(20)10-17(3)4)15-12-23(21,22)11-14(15)18/h6,14-15H,5,7-12H2,1-4H3/t14-,15+/m0/s1. The van der Waals surface area contributed by atoms with Gasteiger partial charge in [0.15, 0.2) is 9.84 Å². The van der Waals surface area contributed by atoms with Crippen molar-refractivity contribution in [1.29, 1.82) is 0 Å². The molecule has 0 bridgehead atoms. The fourth-order valence-electron chi connectivity index (χ4n) is 3.49. The second kappa shape index (κ2) is 7.32. The summed E-state index contributed by atoms with van der Waals surface area (Å²) >= 11 is 0. The number of amides is 1. The summed E-state index contributed by atoms with van der Waals surface area (Å²) in [7, 11) is 0.653. The maximum Gasteiger partial charge on any atom is 0.237 e. The molecular formula is C16H29N3O3S. The number of carbonyl (C=O) groups is 1. The summed E-state index contributed by atoms with van der Waals surface area (Å²) in [6.45, 7) is 6.71. The van der Waals surface area contributed by atoms with E-state index in [0.29, 0.717) is 13.1 Å². The van der Waals surface area contributed by atoms with Gasteiger partial charge in [0.1, 0.15) is 0 Å². The van der Waals surface area contributed by atoms with Gasteiger partial charge in [-0.05, 0) is 34.4 Å². The summed E-state index contributed by atoms with van der Waals surface area (Å²) in [5.41, 5.74) is 1.28. The van der Waals surface area contributed by atoms with E-state index in [4.69, 9.17) is 0 Å². The first-order chi connectivity index (χ1) is 10.7. The number of allylic oxidation sites excluding steroid dienone is 1. The van der Waals surface area contributed by atoms with Crippen molar-refractivity contribution >= 4 is 15.7 Å². The molecular weight excluding hydrogens is 314 g/mol. The molecule has 2 aliphatic rings. The largest absolute Gasteiger partial charge is 0.335 e. The van der Waals surface area contributed by atoms with Crippen LogP contribution in [0.3, 0.4) is 0 Å². The Kier molecular flexibility index (Phi) is 5.86. The molecule has 0 saturated carbocycles. The van der Waals surface area contributed by atoms with Crippen molar-refractivity contribution in [2.45, 2.75) is 32.4 Å². The molecule has 132 valence electrons. The van der Waals surface area contributed by atoms with Gasteiger partial charge >= 0.3 is 0 Å². The highest BCUT2D eigenvalue weighted by Gasteiger charge is 2.47. The van der Waals surface area contributed by atoms with E-state index >= 15 is 0 Å². The van der Waals surface area contributed by atoms with E-state index in [-0.39, 0.29) is 29.5 Å². The molecule has 0 radical (unpaired) electrons. The van der Waals surface area contributed by atoms with E-state index < -0.39 is 9.84 Å². The number of nitrogens with zero attached hydrogens (tertiary/aromatic N) is 3. The Morgan fingerprint density at radius 3 is 2.43 bits per heavy atom. The van der Waals surface area contributed by atoms with E-state index in [0.717, 1.165) is 19.5 Å². The molecule has 0 aromatic carbocycles. The number of rotatable bonds is 5. The van der Waals surface area contributed by atoms with Crippen molar-refractivity contribution in [1.82, 2.24) is 14.7 Å². The van der Waals surface area contributed by atoms with Gasteiger partial charge in [-0.3, -0.25) is 9.69 Å². The van der Waals surface area contributed by atoms with Gasteiger partial charge in [0, 0.05) is 25.7 Å². The molecule has 0 spiro atoms. The van der Waals surface area contributed by atoms with Crippen molar-refractivity contribution < 1.29 is 13.2 Å². The van der Waals surface area contributed by atoms with E-state index in [1.54, 1.807) is 4.90 Å². The second-order valence-electron chi connectivity index (χ2n) is 7.14. The van der Waals surface area contributed by atoms with E-state index in [2.05, 4.69) is 24.8 Å². The van der Waals surface area contributed by atoms with Crippen molar-refractivity contribution in [3.8, 4) is 0 Å². The molecule has 2 saturated heterocycles. The Morgan fingerprint density at radius 2 is 1.83 bits per heavy atom. The minimum absolute atomic E-state index is 0.0334. The average Bonchev–Trinajstić information content (AvgIpc) is 2.72. The third-order valence-electron chi connectivity index (χ3n) is 4.53. The summed E-state index contributed by atoms with van der Waals surface area (Å²) in [6.07, 6.45) is 3.11.